The molecule has 16 heavy (non-hydrogen) atoms. The first kappa shape index (κ1) is 13.9. The van der Waals surface area contributed by atoms with Gasteiger partial charge >= 0.3 is 0 Å². The Morgan fingerprint density at radius 1 is 1.00 bits per heavy atom. The second-order valence-corrected chi connectivity index (χ2v) is 4.35. The summed E-state index contributed by atoms with van der Waals surface area (Å²) >= 11 is 0. The zero-order valence-corrected chi connectivity index (χ0v) is 10.2. The molecule has 1 fully saturated rings. The Labute approximate surface area is 98.5 Å². The van der Waals surface area contributed by atoms with E-state index in [1.807, 2.05) is 0 Å². The van der Waals surface area contributed by atoms with Gasteiger partial charge in [-0.1, -0.05) is 25.7 Å². The predicted octanol–water partition coefficient (Wildman–Crippen LogP) is 0.539. The molecule has 0 amide bonds. The van der Waals surface area contributed by atoms with E-state index in [4.69, 9.17) is 5.11 Å². The average Bonchev–Trinajstić information content (AvgIpc) is 2.28. The van der Waals surface area contributed by atoms with E-state index in [9.17, 15) is 0 Å². The van der Waals surface area contributed by atoms with Crippen LogP contribution in [-0.4, -0.2) is 36.4 Å². The number of nitrogens with one attached hydrogen (secondary N) is 3. The normalized spacial score (nSPS) is 22.3. The van der Waals surface area contributed by atoms with Gasteiger partial charge in [0.15, 0.2) is 0 Å². The van der Waals surface area contributed by atoms with E-state index in [1.165, 1.54) is 38.5 Å². The third kappa shape index (κ3) is 7.14. The minimum atomic E-state index is 0.256. The van der Waals surface area contributed by atoms with Crippen molar-refractivity contribution in [1.82, 2.24) is 21.5 Å². The van der Waals surface area contributed by atoms with Crippen LogP contribution in [0.5, 0.6) is 0 Å². The summed E-state index contributed by atoms with van der Waals surface area (Å²) in [7, 11) is 0. The summed E-state index contributed by atoms with van der Waals surface area (Å²) in [5, 5.41) is 10.9. The standard InChI is InChI=1S/C11H26N4O/c16-11-7-10-15-9-6-4-2-1-3-5-8-12-13-14-15/h12-14,16H,1-11H2. The molecule has 1 aliphatic heterocycles. The molecule has 5 heteroatoms. The first-order valence-corrected chi connectivity index (χ1v) is 6.53. The zero-order valence-electron chi connectivity index (χ0n) is 10.2. The Kier molecular flexibility index (Phi) is 8.65. The van der Waals surface area contributed by atoms with Crippen LogP contribution in [0.25, 0.3) is 0 Å². The fraction of sp³-hybridized carbons (Fsp3) is 1.00. The number of aliphatic hydroxyl groups is 1. The van der Waals surface area contributed by atoms with E-state index >= 15 is 0 Å². The van der Waals surface area contributed by atoms with Crippen LogP contribution in [0.3, 0.4) is 0 Å². The van der Waals surface area contributed by atoms with Crippen molar-refractivity contribution in [2.45, 2.75) is 44.9 Å². The van der Waals surface area contributed by atoms with E-state index in [0.717, 1.165) is 26.1 Å². The summed E-state index contributed by atoms with van der Waals surface area (Å²) in [4.78, 5) is 0. The maximum absolute atomic E-state index is 8.82. The second kappa shape index (κ2) is 9.99. The molecule has 1 heterocycles. The molecule has 0 aromatic rings. The molecule has 0 unspecified atom stereocenters. The molecule has 0 bridgehead atoms. The molecule has 5 nitrogen and oxygen atoms in total. The lowest BCUT2D eigenvalue weighted by Crippen LogP contribution is -2.53. The van der Waals surface area contributed by atoms with Gasteiger partial charge in [-0.25, -0.2) is 10.4 Å². The maximum atomic E-state index is 8.82. The van der Waals surface area contributed by atoms with Crippen molar-refractivity contribution in [3.05, 3.63) is 0 Å². The van der Waals surface area contributed by atoms with Gasteiger partial charge in [0, 0.05) is 26.2 Å². The van der Waals surface area contributed by atoms with Crippen LogP contribution >= 0.6 is 0 Å². The van der Waals surface area contributed by atoms with Crippen molar-refractivity contribution in [2.75, 3.05) is 26.2 Å². The molecule has 4 N–H and O–H groups in total. The average molecular weight is 230 g/mol. The van der Waals surface area contributed by atoms with Gasteiger partial charge < -0.3 is 5.11 Å². The highest BCUT2D eigenvalue weighted by atomic mass is 16.3. The molecule has 1 saturated heterocycles. The highest BCUT2D eigenvalue weighted by molar-refractivity contribution is 4.54. The van der Waals surface area contributed by atoms with Crippen LogP contribution < -0.4 is 16.5 Å². The molecule has 0 radical (unpaired) electrons. The zero-order chi connectivity index (χ0) is 11.5. The lowest BCUT2D eigenvalue weighted by atomic mass is 10.1. The molecular weight excluding hydrogens is 204 g/mol. The molecule has 0 atom stereocenters. The fourth-order valence-electron chi connectivity index (χ4n) is 1.89. The molecule has 0 saturated carbocycles. The van der Waals surface area contributed by atoms with Crippen LogP contribution in [0.15, 0.2) is 0 Å². The van der Waals surface area contributed by atoms with Gasteiger partial charge in [-0.15, -0.1) is 0 Å². The monoisotopic (exact) mass is 230 g/mol. The Hall–Kier alpha value is -0.200. The van der Waals surface area contributed by atoms with Crippen LogP contribution in [0.1, 0.15) is 44.9 Å². The number of hydrogen-bond donors (Lipinski definition) is 4. The molecule has 0 aliphatic carbocycles. The third-order valence-electron chi connectivity index (χ3n) is 2.87. The summed E-state index contributed by atoms with van der Waals surface area (Å²) < 4.78 is 0. The minimum absolute atomic E-state index is 0.256. The van der Waals surface area contributed by atoms with E-state index < -0.39 is 0 Å². The van der Waals surface area contributed by atoms with E-state index in [0.29, 0.717) is 0 Å². The highest BCUT2D eigenvalue weighted by Gasteiger charge is 2.03. The Morgan fingerprint density at radius 2 is 1.75 bits per heavy atom. The van der Waals surface area contributed by atoms with Gasteiger partial charge in [-0.3, -0.25) is 0 Å². The summed E-state index contributed by atoms with van der Waals surface area (Å²) in [5.41, 5.74) is 9.28. The number of rotatable bonds is 3. The van der Waals surface area contributed by atoms with Crippen LogP contribution in [0, 0.1) is 0 Å². The lowest BCUT2D eigenvalue weighted by Gasteiger charge is -2.24. The van der Waals surface area contributed by atoms with E-state index in [1.54, 1.807) is 0 Å². The van der Waals surface area contributed by atoms with Crippen molar-refractivity contribution in [3.8, 4) is 0 Å². The van der Waals surface area contributed by atoms with E-state index in [-0.39, 0.29) is 6.61 Å². The first-order valence-electron chi connectivity index (χ1n) is 6.53. The van der Waals surface area contributed by atoms with Crippen molar-refractivity contribution in [2.24, 2.45) is 0 Å². The van der Waals surface area contributed by atoms with Gasteiger partial charge in [0.25, 0.3) is 0 Å². The quantitative estimate of drug-likeness (QED) is 0.570. The largest absolute Gasteiger partial charge is 0.396 e. The van der Waals surface area contributed by atoms with Crippen molar-refractivity contribution < 1.29 is 5.11 Å². The molecule has 1 aliphatic rings. The number of aliphatic hydroxyl groups excluding tert-OH is 1. The van der Waals surface area contributed by atoms with Gasteiger partial charge in [0.05, 0.1) is 0 Å². The lowest BCUT2D eigenvalue weighted by molar-refractivity contribution is 0.119. The van der Waals surface area contributed by atoms with Gasteiger partial charge in [-0.05, 0) is 19.3 Å². The highest BCUT2D eigenvalue weighted by Crippen LogP contribution is 2.05. The molecule has 0 aromatic heterocycles. The molecular formula is C11H26N4O. The summed E-state index contributed by atoms with van der Waals surface area (Å²) in [6.45, 7) is 3.17. The molecule has 1 rings (SSSR count). The number of nitrogens with zero attached hydrogens (tertiary/aromatic N) is 1. The van der Waals surface area contributed by atoms with Gasteiger partial charge in [0.2, 0.25) is 0 Å². The number of hydrazine groups is 3. The van der Waals surface area contributed by atoms with Crippen molar-refractivity contribution in [1.29, 1.82) is 0 Å². The Balaban J connectivity index is 2.19. The Morgan fingerprint density at radius 3 is 2.56 bits per heavy atom. The summed E-state index contributed by atoms with van der Waals surface area (Å²) in [6.07, 6.45) is 8.60. The second-order valence-electron chi connectivity index (χ2n) is 4.35. The maximum Gasteiger partial charge on any atom is 0.0443 e. The first-order chi connectivity index (χ1) is 7.93. The topological polar surface area (TPSA) is 59.6 Å². The van der Waals surface area contributed by atoms with Crippen molar-refractivity contribution >= 4 is 0 Å². The fourth-order valence-corrected chi connectivity index (χ4v) is 1.89. The number of hydrogen-bond acceptors (Lipinski definition) is 5. The van der Waals surface area contributed by atoms with Crippen LogP contribution in [0.4, 0.5) is 0 Å². The van der Waals surface area contributed by atoms with E-state index in [2.05, 4.69) is 21.5 Å². The Bertz CT molecular complexity index is 145. The van der Waals surface area contributed by atoms with Crippen LogP contribution in [0.2, 0.25) is 0 Å². The summed E-state index contributed by atoms with van der Waals surface area (Å²) in [5.74, 6) is 0. The summed E-state index contributed by atoms with van der Waals surface area (Å²) in [6, 6.07) is 0. The minimum Gasteiger partial charge on any atom is -0.396 e. The van der Waals surface area contributed by atoms with Crippen LogP contribution in [-0.2, 0) is 0 Å². The molecule has 0 spiro atoms. The van der Waals surface area contributed by atoms with Gasteiger partial charge in [0.1, 0.15) is 0 Å². The molecule has 96 valence electrons. The SMILES string of the molecule is OCCCN1CCCCCCCCNNN1. The predicted molar refractivity (Wildman–Crippen MR) is 65.3 cm³/mol. The smallest absolute Gasteiger partial charge is 0.0443 e. The third-order valence-corrected chi connectivity index (χ3v) is 2.87. The van der Waals surface area contributed by atoms with Gasteiger partial charge in [-0.2, -0.15) is 11.1 Å². The molecule has 0 aromatic carbocycles. The van der Waals surface area contributed by atoms with Crippen molar-refractivity contribution in [3.63, 3.8) is 0 Å².